The summed E-state index contributed by atoms with van der Waals surface area (Å²) in [7, 11) is 0. The van der Waals surface area contributed by atoms with Gasteiger partial charge >= 0.3 is 6.01 Å². The lowest BCUT2D eigenvalue weighted by Gasteiger charge is -2.02. The zero-order chi connectivity index (χ0) is 17.8. The van der Waals surface area contributed by atoms with E-state index in [1.807, 2.05) is 12.1 Å². The van der Waals surface area contributed by atoms with Gasteiger partial charge in [-0.3, -0.25) is 10.1 Å². The van der Waals surface area contributed by atoms with Gasteiger partial charge in [0.05, 0.1) is 6.42 Å². The summed E-state index contributed by atoms with van der Waals surface area (Å²) in [5, 5.41) is 11.1. The smallest absolute Gasteiger partial charge is 0.322 e. The Bertz CT molecular complexity index is 871. The molecule has 25 heavy (non-hydrogen) atoms. The van der Waals surface area contributed by atoms with E-state index in [2.05, 4.69) is 34.6 Å². The van der Waals surface area contributed by atoms with Crippen LogP contribution in [0.15, 0.2) is 46.9 Å². The lowest BCUT2D eigenvalue weighted by atomic mass is 10.1. The van der Waals surface area contributed by atoms with Gasteiger partial charge in [0.15, 0.2) is 0 Å². The molecule has 0 aliphatic rings. The molecule has 0 radical (unpaired) electrons. The van der Waals surface area contributed by atoms with E-state index in [0.717, 1.165) is 12.0 Å². The summed E-state index contributed by atoms with van der Waals surface area (Å²) < 4.78 is 5.48. The fraction of sp³-hybridized carbons (Fsp3) is 0.167. The predicted octanol–water partition coefficient (Wildman–Crippen LogP) is 4.78. The molecule has 3 aromatic rings. The monoisotopic (exact) mass is 375 g/mol. The molecule has 2 aromatic carbocycles. The number of rotatable bonds is 5. The van der Waals surface area contributed by atoms with Crippen LogP contribution in [0, 0.1) is 0 Å². The van der Waals surface area contributed by atoms with Crippen molar-refractivity contribution in [2.45, 2.75) is 19.8 Å². The van der Waals surface area contributed by atoms with Crippen molar-refractivity contribution in [2.75, 3.05) is 5.32 Å². The van der Waals surface area contributed by atoms with Crippen LogP contribution in [0.25, 0.3) is 0 Å². The molecule has 1 heterocycles. The molecule has 1 aromatic heterocycles. The van der Waals surface area contributed by atoms with Crippen molar-refractivity contribution in [1.29, 1.82) is 0 Å². The summed E-state index contributed by atoms with van der Waals surface area (Å²) in [5.41, 5.74) is 2.63. The number of benzene rings is 2. The highest BCUT2D eigenvalue weighted by Gasteiger charge is 2.13. The number of aromatic nitrogens is 2. The topological polar surface area (TPSA) is 68.0 Å². The number of nitrogens with zero attached hydrogens (tertiary/aromatic N) is 2. The van der Waals surface area contributed by atoms with Gasteiger partial charge in [-0.1, -0.05) is 59.5 Å². The van der Waals surface area contributed by atoms with Gasteiger partial charge in [-0.2, -0.15) is 0 Å². The van der Waals surface area contributed by atoms with Crippen molar-refractivity contribution in [2.24, 2.45) is 0 Å². The third-order valence-corrected chi connectivity index (χ3v) is 4.04. The maximum Gasteiger partial charge on any atom is 0.322 e. The van der Waals surface area contributed by atoms with Crippen molar-refractivity contribution in [3.8, 4) is 0 Å². The fourth-order valence-electron chi connectivity index (χ4n) is 2.30. The van der Waals surface area contributed by atoms with Gasteiger partial charge in [0.2, 0.25) is 5.89 Å². The van der Waals surface area contributed by atoms with E-state index in [0.29, 0.717) is 27.9 Å². The summed E-state index contributed by atoms with van der Waals surface area (Å²) >= 11 is 11.8. The Hall–Kier alpha value is -2.37. The molecule has 1 N–H and O–H groups in total. The number of amides is 1. The van der Waals surface area contributed by atoms with E-state index in [1.54, 1.807) is 6.07 Å². The number of carbonyl (C=O) groups excluding carboxylic acids is 1. The number of carbonyl (C=O) groups is 1. The third-order valence-electron chi connectivity index (χ3n) is 3.60. The Morgan fingerprint density at radius 2 is 1.68 bits per heavy atom. The van der Waals surface area contributed by atoms with Crippen LogP contribution in [0.1, 0.15) is 34.3 Å². The maximum absolute atomic E-state index is 12.2. The van der Waals surface area contributed by atoms with E-state index in [9.17, 15) is 4.79 Å². The van der Waals surface area contributed by atoms with Crippen molar-refractivity contribution in [3.05, 3.63) is 75.1 Å². The van der Waals surface area contributed by atoms with Crippen molar-refractivity contribution in [1.82, 2.24) is 10.2 Å². The molecule has 0 aliphatic carbocycles. The number of nitrogens with one attached hydrogen (secondary N) is 1. The Balaban J connectivity index is 1.67. The first-order chi connectivity index (χ1) is 12.0. The second-order valence-electron chi connectivity index (χ2n) is 5.46. The fourth-order valence-corrected chi connectivity index (χ4v) is 2.82. The Morgan fingerprint density at radius 3 is 2.32 bits per heavy atom. The average Bonchev–Trinajstić information content (AvgIpc) is 3.01. The van der Waals surface area contributed by atoms with Crippen LogP contribution in [-0.2, 0) is 12.8 Å². The van der Waals surface area contributed by atoms with E-state index in [4.69, 9.17) is 27.6 Å². The van der Waals surface area contributed by atoms with Crippen LogP contribution in [-0.4, -0.2) is 16.1 Å². The Kier molecular flexibility index (Phi) is 5.36. The average molecular weight is 376 g/mol. The largest absolute Gasteiger partial charge is 0.407 e. The molecule has 0 aliphatic heterocycles. The van der Waals surface area contributed by atoms with Crippen LogP contribution in [0.2, 0.25) is 10.0 Å². The summed E-state index contributed by atoms with van der Waals surface area (Å²) in [6, 6.07) is 12.8. The van der Waals surface area contributed by atoms with Crippen LogP contribution in [0.5, 0.6) is 0 Å². The molecular weight excluding hydrogens is 361 g/mol. The van der Waals surface area contributed by atoms with Gasteiger partial charge in [-0.25, -0.2) is 0 Å². The number of hydrogen-bond donors (Lipinski definition) is 1. The Labute approximate surface area is 155 Å². The summed E-state index contributed by atoms with van der Waals surface area (Å²) in [4.78, 5) is 12.2. The molecule has 128 valence electrons. The molecule has 1 amide bonds. The molecule has 0 saturated carbocycles. The normalized spacial score (nSPS) is 10.7. The number of halogens is 2. The SMILES string of the molecule is CCc1ccc(Cc2nnc(NC(=O)c3cc(Cl)cc(Cl)c3)o2)cc1. The van der Waals surface area contributed by atoms with Crippen LogP contribution < -0.4 is 5.32 Å². The standard InChI is InChI=1S/C18H15Cl2N3O2/c1-2-11-3-5-12(6-4-11)7-16-22-23-18(25-16)21-17(24)13-8-14(19)10-15(20)9-13/h3-6,8-10H,2,7H2,1H3,(H,21,23,24). The lowest BCUT2D eigenvalue weighted by molar-refractivity contribution is 0.102. The molecule has 0 bridgehead atoms. The molecule has 0 atom stereocenters. The molecule has 7 heteroatoms. The third kappa shape index (κ3) is 4.59. The van der Waals surface area contributed by atoms with Crippen LogP contribution >= 0.6 is 23.2 Å². The van der Waals surface area contributed by atoms with E-state index in [-0.39, 0.29) is 6.01 Å². The highest BCUT2D eigenvalue weighted by molar-refractivity contribution is 6.35. The van der Waals surface area contributed by atoms with Gasteiger partial charge in [-0.15, -0.1) is 5.10 Å². The van der Waals surface area contributed by atoms with Gasteiger partial charge < -0.3 is 4.42 Å². The number of hydrogen-bond acceptors (Lipinski definition) is 4. The van der Waals surface area contributed by atoms with Gasteiger partial charge in [-0.05, 0) is 35.7 Å². The summed E-state index contributed by atoms with van der Waals surface area (Å²) in [6.45, 7) is 2.11. The molecule has 3 rings (SSSR count). The highest BCUT2D eigenvalue weighted by Crippen LogP contribution is 2.20. The molecule has 0 unspecified atom stereocenters. The van der Waals surface area contributed by atoms with E-state index < -0.39 is 5.91 Å². The summed E-state index contributed by atoms with van der Waals surface area (Å²) in [5.74, 6) is -0.00410. The van der Waals surface area contributed by atoms with E-state index in [1.165, 1.54) is 17.7 Å². The zero-order valence-corrected chi connectivity index (χ0v) is 14.9. The minimum absolute atomic E-state index is 0.0290. The molecule has 0 fully saturated rings. The van der Waals surface area contributed by atoms with Gasteiger partial charge in [0.1, 0.15) is 0 Å². The second-order valence-corrected chi connectivity index (χ2v) is 6.33. The van der Waals surface area contributed by atoms with Crippen LogP contribution in [0.3, 0.4) is 0 Å². The predicted molar refractivity (Wildman–Crippen MR) is 97.3 cm³/mol. The minimum atomic E-state index is -0.424. The van der Waals surface area contributed by atoms with Crippen LogP contribution in [0.4, 0.5) is 6.01 Å². The minimum Gasteiger partial charge on any atom is -0.407 e. The Morgan fingerprint density at radius 1 is 1.04 bits per heavy atom. The number of aryl methyl sites for hydroxylation is 1. The van der Waals surface area contributed by atoms with Gasteiger partial charge in [0, 0.05) is 15.6 Å². The lowest BCUT2D eigenvalue weighted by Crippen LogP contribution is -2.12. The quantitative estimate of drug-likeness (QED) is 0.696. The first-order valence-electron chi connectivity index (χ1n) is 7.71. The molecule has 0 spiro atoms. The zero-order valence-electron chi connectivity index (χ0n) is 13.4. The first kappa shape index (κ1) is 17.5. The highest BCUT2D eigenvalue weighted by atomic mass is 35.5. The first-order valence-corrected chi connectivity index (χ1v) is 8.46. The maximum atomic E-state index is 12.2. The van der Waals surface area contributed by atoms with Crippen molar-refractivity contribution < 1.29 is 9.21 Å². The van der Waals surface area contributed by atoms with Gasteiger partial charge in [0.25, 0.3) is 5.91 Å². The molecule has 0 saturated heterocycles. The van der Waals surface area contributed by atoms with Crippen molar-refractivity contribution in [3.63, 3.8) is 0 Å². The van der Waals surface area contributed by atoms with E-state index >= 15 is 0 Å². The molecule has 5 nitrogen and oxygen atoms in total. The summed E-state index contributed by atoms with van der Waals surface area (Å²) in [6.07, 6.45) is 1.49. The second kappa shape index (κ2) is 7.68. The number of anilines is 1. The van der Waals surface area contributed by atoms with Crippen molar-refractivity contribution >= 4 is 35.1 Å². The molecular formula is C18H15Cl2N3O2.